The Hall–Kier alpha value is -1.96. The van der Waals surface area contributed by atoms with Crippen LogP contribution in [0.25, 0.3) is 0 Å². The van der Waals surface area contributed by atoms with Gasteiger partial charge in [-0.25, -0.2) is 4.79 Å². The van der Waals surface area contributed by atoms with Crippen molar-refractivity contribution in [3.05, 3.63) is 65.7 Å². The minimum atomic E-state index is -0.318. The number of fused-ring (bicyclic) bond motifs is 2. The molecule has 80 valence electrons. The van der Waals surface area contributed by atoms with Crippen LogP contribution in [0.15, 0.2) is 59.8 Å². The zero-order valence-electron chi connectivity index (χ0n) is 9.14. The molecule has 0 spiro atoms. The molecule has 0 fully saturated rings. The van der Waals surface area contributed by atoms with Gasteiger partial charge in [0.15, 0.2) is 0 Å². The maximum atomic E-state index is 11.2. The predicted octanol–water partition coefficient (Wildman–Crippen LogP) is 2.67. The van der Waals surface area contributed by atoms with Crippen molar-refractivity contribution in [2.45, 2.75) is 6.42 Å². The zero-order chi connectivity index (χ0) is 11.4. The zero-order valence-corrected chi connectivity index (χ0v) is 9.14. The van der Waals surface area contributed by atoms with Gasteiger partial charge in [0.1, 0.15) is 11.6 Å². The molecule has 2 aliphatic carbocycles. The fourth-order valence-corrected chi connectivity index (χ4v) is 1.71. The second-order valence-corrected chi connectivity index (χ2v) is 3.64. The van der Waals surface area contributed by atoms with Crippen molar-refractivity contribution >= 4 is 5.97 Å². The quantitative estimate of drug-likeness (QED) is 0.380. The van der Waals surface area contributed by atoms with Crippen molar-refractivity contribution in [3.8, 4) is 0 Å². The van der Waals surface area contributed by atoms with Crippen molar-refractivity contribution in [3.63, 3.8) is 0 Å². The Labute approximate surface area is 95.3 Å². The number of ether oxygens (including phenoxy) is 1. The molecule has 0 heterocycles. The average molecular weight is 213 g/mol. The summed E-state index contributed by atoms with van der Waals surface area (Å²) in [6, 6.07) is 0. The molecule has 0 N–H and O–H groups in total. The summed E-state index contributed by atoms with van der Waals surface area (Å²) in [6.07, 6.45) is 16.4. The predicted molar refractivity (Wildman–Crippen MR) is 63.5 cm³/mol. The highest BCUT2D eigenvalue weighted by Gasteiger charge is 2.21. The smallest absolute Gasteiger partial charge is 0.374 e. The molecular weight excluding hydrogens is 200 g/mol. The lowest BCUT2D eigenvalue weighted by atomic mass is 9.93. The lowest BCUT2D eigenvalue weighted by Gasteiger charge is -2.04. The van der Waals surface area contributed by atoms with Crippen LogP contribution in [0.4, 0.5) is 0 Å². The molecule has 0 radical (unpaired) electrons. The topological polar surface area (TPSA) is 26.3 Å². The Morgan fingerprint density at radius 2 is 2.25 bits per heavy atom. The third-order valence-electron chi connectivity index (χ3n) is 2.54. The highest BCUT2D eigenvalue weighted by atomic mass is 16.5. The van der Waals surface area contributed by atoms with Crippen LogP contribution >= 0.6 is 0 Å². The van der Waals surface area contributed by atoms with Gasteiger partial charge in [-0.1, -0.05) is 0 Å². The summed E-state index contributed by atoms with van der Waals surface area (Å²) in [6.45, 7) is 0. The van der Waals surface area contributed by atoms with E-state index in [1.54, 1.807) is 0 Å². The van der Waals surface area contributed by atoms with Crippen LogP contribution in [-0.2, 0) is 9.53 Å². The molecule has 2 nitrogen and oxygen atoms in total. The van der Waals surface area contributed by atoms with E-state index < -0.39 is 0 Å². The number of methoxy groups -OCH3 is 1. The molecule has 0 saturated carbocycles. The van der Waals surface area contributed by atoms with Crippen LogP contribution in [0.1, 0.15) is 6.42 Å². The average Bonchev–Trinajstić information content (AvgIpc) is 2.63. The molecule has 0 saturated heterocycles. The second kappa shape index (κ2) is 4.71. The molecule has 0 unspecified atom stereocenters. The van der Waals surface area contributed by atoms with Crippen molar-refractivity contribution in [2.24, 2.45) is 0 Å². The largest absolute Gasteiger partial charge is 0.458 e. The van der Waals surface area contributed by atoms with E-state index in [0.29, 0.717) is 0 Å². The third-order valence-corrected chi connectivity index (χ3v) is 2.54. The van der Waals surface area contributed by atoms with Gasteiger partial charge < -0.3 is 4.74 Å². The molecule has 0 amide bonds. The molecule has 2 bridgehead atoms. The normalized spacial score (nSPS) is 20.4. The van der Waals surface area contributed by atoms with Gasteiger partial charge in [-0.05, 0) is 29.9 Å². The Bertz CT molecular complexity index is 434. The first-order valence-corrected chi connectivity index (χ1v) is 5.17. The van der Waals surface area contributed by atoms with Crippen LogP contribution in [0, 0.1) is 5.92 Å². The molecule has 0 atom stereocenters. The van der Waals surface area contributed by atoms with Crippen molar-refractivity contribution < 1.29 is 9.53 Å². The van der Waals surface area contributed by atoms with E-state index in [0.717, 1.165) is 17.9 Å². The van der Waals surface area contributed by atoms with E-state index in [4.69, 9.17) is 0 Å². The summed E-state index contributed by atoms with van der Waals surface area (Å²) in [5.74, 6) is 0.816. The summed E-state index contributed by atoms with van der Waals surface area (Å²) < 4.78 is 4.64. The van der Waals surface area contributed by atoms with Gasteiger partial charge in [0.2, 0.25) is 0 Å². The number of esters is 1. The van der Waals surface area contributed by atoms with E-state index in [1.807, 2.05) is 30.4 Å². The Morgan fingerprint density at radius 3 is 3.06 bits per heavy atom. The molecular formula is C14H13O2+. The first-order chi connectivity index (χ1) is 7.79. The molecule has 0 aromatic heterocycles. The fraction of sp³-hybridized carbons (Fsp3) is 0.143. The standard InChI is InChI=1S/C14H13O2/c1-16-14(15)10-13-8-4-6-11-5-2-3-7-12(13)9-11/h2-8,10H,9H2,1H3/q+1/b13-10+. The Balaban J connectivity index is 2.30. The summed E-state index contributed by atoms with van der Waals surface area (Å²) in [7, 11) is 1.39. The molecule has 0 aromatic rings. The van der Waals surface area contributed by atoms with Gasteiger partial charge >= 0.3 is 5.97 Å². The monoisotopic (exact) mass is 213 g/mol. The van der Waals surface area contributed by atoms with Gasteiger partial charge in [-0.2, -0.15) is 0 Å². The molecule has 0 aliphatic heterocycles. The highest BCUT2D eigenvalue weighted by molar-refractivity contribution is 5.84. The minimum absolute atomic E-state index is 0.318. The van der Waals surface area contributed by atoms with E-state index in [2.05, 4.69) is 16.9 Å². The van der Waals surface area contributed by atoms with E-state index >= 15 is 0 Å². The summed E-state index contributed by atoms with van der Waals surface area (Å²) >= 11 is 0. The fourth-order valence-electron chi connectivity index (χ4n) is 1.71. The van der Waals surface area contributed by atoms with Gasteiger partial charge in [0.05, 0.1) is 7.11 Å². The van der Waals surface area contributed by atoms with Crippen LogP contribution in [-0.4, -0.2) is 13.1 Å². The highest BCUT2D eigenvalue weighted by Crippen LogP contribution is 2.30. The molecule has 2 heteroatoms. The number of allylic oxidation sites excluding steroid dienone is 9. The molecule has 2 rings (SSSR count). The van der Waals surface area contributed by atoms with E-state index in [-0.39, 0.29) is 5.97 Å². The van der Waals surface area contributed by atoms with Gasteiger partial charge in [-0.15, -0.1) is 0 Å². The van der Waals surface area contributed by atoms with Gasteiger partial charge in [0, 0.05) is 30.6 Å². The minimum Gasteiger partial charge on any atom is -0.458 e. The van der Waals surface area contributed by atoms with Crippen LogP contribution in [0.3, 0.4) is 0 Å². The SMILES string of the molecule is COC(=O)/C=C1\C=CC=C2C=CC=C[C+]1C2. The molecule has 2 aliphatic rings. The van der Waals surface area contributed by atoms with Gasteiger partial charge in [-0.3, -0.25) is 0 Å². The van der Waals surface area contributed by atoms with Crippen molar-refractivity contribution in [1.82, 2.24) is 0 Å². The lowest BCUT2D eigenvalue weighted by molar-refractivity contribution is -0.134. The van der Waals surface area contributed by atoms with Gasteiger partial charge in [0.25, 0.3) is 0 Å². The third kappa shape index (κ3) is 2.34. The summed E-state index contributed by atoms with van der Waals surface area (Å²) in [4.78, 5) is 11.2. The molecule has 16 heavy (non-hydrogen) atoms. The van der Waals surface area contributed by atoms with Crippen molar-refractivity contribution in [2.75, 3.05) is 7.11 Å². The number of rotatable bonds is 1. The number of hydrogen-bond donors (Lipinski definition) is 0. The maximum absolute atomic E-state index is 11.2. The molecule has 0 aromatic carbocycles. The summed E-state index contributed by atoms with van der Waals surface area (Å²) in [5, 5.41) is 0. The van der Waals surface area contributed by atoms with E-state index in [9.17, 15) is 4.79 Å². The van der Waals surface area contributed by atoms with Crippen LogP contribution in [0.5, 0.6) is 0 Å². The maximum Gasteiger partial charge on any atom is 0.374 e. The summed E-state index contributed by atoms with van der Waals surface area (Å²) in [5.41, 5.74) is 2.16. The number of hydrogen-bond acceptors (Lipinski definition) is 2. The van der Waals surface area contributed by atoms with Crippen LogP contribution in [0.2, 0.25) is 0 Å². The van der Waals surface area contributed by atoms with E-state index in [1.165, 1.54) is 18.8 Å². The first kappa shape index (κ1) is 10.6. The second-order valence-electron chi connectivity index (χ2n) is 3.64. The Morgan fingerprint density at radius 1 is 1.38 bits per heavy atom. The first-order valence-electron chi connectivity index (χ1n) is 5.17. The van der Waals surface area contributed by atoms with Crippen LogP contribution < -0.4 is 0 Å². The number of carbonyl (C=O) groups excluding carboxylic acids is 1. The lowest BCUT2D eigenvalue weighted by Crippen LogP contribution is -2.02. The van der Waals surface area contributed by atoms with Crippen molar-refractivity contribution in [1.29, 1.82) is 0 Å². The number of carbonyl (C=O) groups is 1. The Kier molecular flexibility index (Phi) is 3.10.